The second-order valence-electron chi connectivity index (χ2n) is 3.68. The molecule has 0 radical (unpaired) electrons. The molecule has 0 fully saturated rings. The fourth-order valence-electron chi connectivity index (χ4n) is 1.45. The molecule has 100 valence electrons. The lowest BCUT2D eigenvalue weighted by Gasteiger charge is -2.12. The molecule has 0 aliphatic carbocycles. The average molecular weight is 384 g/mol. The summed E-state index contributed by atoms with van der Waals surface area (Å²) in [6, 6.07) is 7.31. The molecule has 2 aromatic rings. The first-order chi connectivity index (χ1) is 9.01. The van der Waals surface area contributed by atoms with E-state index < -0.39 is 0 Å². The van der Waals surface area contributed by atoms with Crippen LogP contribution in [-0.2, 0) is 5.88 Å². The van der Waals surface area contributed by atoms with Crippen LogP contribution in [0.5, 0.6) is 11.5 Å². The van der Waals surface area contributed by atoms with E-state index in [0.717, 1.165) is 0 Å². The summed E-state index contributed by atoms with van der Waals surface area (Å²) in [7, 11) is 0. The van der Waals surface area contributed by atoms with Crippen LogP contribution >= 0.6 is 50.7 Å². The summed E-state index contributed by atoms with van der Waals surface area (Å²) in [6.07, 6.45) is 0. The van der Waals surface area contributed by atoms with Gasteiger partial charge in [-0.3, -0.25) is 0 Å². The number of ether oxygens (including phenoxy) is 1. The highest BCUT2D eigenvalue weighted by Crippen LogP contribution is 2.37. The standard InChI is InChI=1S/C13H7BrCl3FO/c14-9-4-11(17)13(5-10(9)16)19-12-2-1-8(18)3-7(12)6-15/h1-5H,6H2. The van der Waals surface area contributed by atoms with Gasteiger partial charge in [-0.05, 0) is 40.2 Å². The molecule has 0 atom stereocenters. The summed E-state index contributed by atoms with van der Waals surface area (Å²) in [5, 5.41) is 0.857. The zero-order chi connectivity index (χ0) is 14.0. The van der Waals surface area contributed by atoms with Gasteiger partial charge >= 0.3 is 0 Å². The third-order valence-electron chi connectivity index (χ3n) is 2.36. The molecule has 0 saturated heterocycles. The van der Waals surface area contributed by atoms with E-state index in [9.17, 15) is 4.39 Å². The number of halogens is 5. The van der Waals surface area contributed by atoms with Crippen molar-refractivity contribution in [2.45, 2.75) is 5.88 Å². The van der Waals surface area contributed by atoms with Crippen molar-refractivity contribution in [1.29, 1.82) is 0 Å². The Morgan fingerprint density at radius 3 is 2.47 bits per heavy atom. The molecule has 6 heteroatoms. The predicted molar refractivity (Wildman–Crippen MR) is 80.2 cm³/mol. The quantitative estimate of drug-likeness (QED) is 0.438. The lowest BCUT2D eigenvalue weighted by molar-refractivity contribution is 0.476. The minimum Gasteiger partial charge on any atom is -0.455 e. The van der Waals surface area contributed by atoms with Gasteiger partial charge in [-0.1, -0.05) is 23.2 Å². The van der Waals surface area contributed by atoms with Crippen LogP contribution in [0, 0.1) is 5.82 Å². The van der Waals surface area contributed by atoms with Gasteiger partial charge in [-0.25, -0.2) is 4.39 Å². The van der Waals surface area contributed by atoms with Gasteiger partial charge in [0.05, 0.1) is 15.9 Å². The summed E-state index contributed by atoms with van der Waals surface area (Å²) in [6.45, 7) is 0. The maximum absolute atomic E-state index is 13.1. The minimum atomic E-state index is -0.372. The summed E-state index contributed by atoms with van der Waals surface area (Å²) >= 11 is 21.1. The Labute approximate surface area is 133 Å². The zero-order valence-corrected chi connectivity index (χ0v) is 13.2. The summed E-state index contributed by atoms with van der Waals surface area (Å²) in [4.78, 5) is 0. The van der Waals surface area contributed by atoms with Crippen molar-refractivity contribution < 1.29 is 9.13 Å². The lowest BCUT2D eigenvalue weighted by atomic mass is 10.2. The van der Waals surface area contributed by atoms with Gasteiger partial charge in [0.1, 0.15) is 17.3 Å². The van der Waals surface area contributed by atoms with Gasteiger partial charge in [0, 0.05) is 16.1 Å². The summed E-state index contributed by atoms with van der Waals surface area (Å²) < 4.78 is 19.4. The monoisotopic (exact) mass is 382 g/mol. The van der Waals surface area contributed by atoms with Gasteiger partial charge in [0.25, 0.3) is 0 Å². The van der Waals surface area contributed by atoms with Crippen molar-refractivity contribution in [2.24, 2.45) is 0 Å². The highest BCUT2D eigenvalue weighted by Gasteiger charge is 2.11. The van der Waals surface area contributed by atoms with Crippen molar-refractivity contribution >= 4 is 50.7 Å². The molecule has 2 rings (SSSR count). The largest absolute Gasteiger partial charge is 0.455 e. The van der Waals surface area contributed by atoms with E-state index in [1.54, 1.807) is 12.1 Å². The Hall–Kier alpha value is -0.480. The van der Waals surface area contributed by atoms with Gasteiger partial charge in [0.2, 0.25) is 0 Å². The molecule has 0 aromatic heterocycles. The number of alkyl halides is 1. The smallest absolute Gasteiger partial charge is 0.147 e. The number of hydrogen-bond donors (Lipinski definition) is 0. The minimum absolute atomic E-state index is 0.134. The maximum atomic E-state index is 13.1. The van der Waals surface area contributed by atoms with Crippen molar-refractivity contribution in [1.82, 2.24) is 0 Å². The molecule has 0 aliphatic rings. The number of rotatable bonds is 3. The molecule has 19 heavy (non-hydrogen) atoms. The molecule has 0 heterocycles. The van der Waals surface area contributed by atoms with Gasteiger partial charge in [-0.2, -0.15) is 0 Å². The van der Waals surface area contributed by atoms with Crippen LogP contribution in [0.1, 0.15) is 5.56 Å². The SMILES string of the molecule is Fc1ccc(Oc2cc(Cl)c(Br)cc2Cl)c(CCl)c1. The molecule has 1 nitrogen and oxygen atoms in total. The summed E-state index contributed by atoms with van der Waals surface area (Å²) in [5.41, 5.74) is 0.539. The predicted octanol–water partition coefficient (Wildman–Crippen LogP) is 6.43. The second-order valence-corrected chi connectivity index (χ2v) is 5.62. The number of benzene rings is 2. The Balaban J connectivity index is 2.39. The van der Waals surface area contributed by atoms with E-state index in [1.807, 2.05) is 0 Å². The molecular formula is C13H7BrCl3FO. The van der Waals surface area contributed by atoms with Crippen LogP contribution in [0.2, 0.25) is 10.0 Å². The molecule has 0 N–H and O–H groups in total. The molecule has 0 saturated carbocycles. The number of hydrogen-bond acceptors (Lipinski definition) is 1. The van der Waals surface area contributed by atoms with Gasteiger partial charge in [-0.15, -0.1) is 11.6 Å². The first kappa shape index (κ1) is 14.9. The Kier molecular flexibility index (Phi) is 4.96. The third kappa shape index (κ3) is 3.54. The first-order valence-corrected chi connectivity index (χ1v) is 7.26. The van der Waals surface area contributed by atoms with Crippen LogP contribution in [0.25, 0.3) is 0 Å². The maximum Gasteiger partial charge on any atom is 0.147 e. The fraction of sp³-hybridized carbons (Fsp3) is 0.0769. The van der Waals surface area contributed by atoms with E-state index in [1.165, 1.54) is 18.2 Å². The molecule has 0 bridgehead atoms. The van der Waals surface area contributed by atoms with E-state index in [2.05, 4.69) is 15.9 Å². The fourth-order valence-corrected chi connectivity index (χ4v) is 2.49. The van der Waals surface area contributed by atoms with E-state index in [-0.39, 0.29) is 11.7 Å². The van der Waals surface area contributed by atoms with E-state index in [0.29, 0.717) is 31.6 Å². The molecule has 0 spiro atoms. The highest BCUT2D eigenvalue weighted by molar-refractivity contribution is 9.10. The Morgan fingerprint density at radius 1 is 1.05 bits per heavy atom. The van der Waals surface area contributed by atoms with Crippen molar-refractivity contribution in [3.05, 3.63) is 56.2 Å². The third-order valence-corrected chi connectivity index (χ3v) is 4.14. The van der Waals surface area contributed by atoms with E-state index >= 15 is 0 Å². The normalized spacial score (nSPS) is 10.6. The Bertz CT molecular complexity index is 619. The van der Waals surface area contributed by atoms with Gasteiger partial charge < -0.3 is 4.74 Å². The molecule has 0 aliphatic heterocycles. The summed E-state index contributed by atoms with van der Waals surface area (Å²) in [5.74, 6) is 0.585. The van der Waals surface area contributed by atoms with Crippen LogP contribution in [0.15, 0.2) is 34.8 Å². The van der Waals surface area contributed by atoms with Crippen molar-refractivity contribution in [3.63, 3.8) is 0 Å². The van der Waals surface area contributed by atoms with Crippen LogP contribution < -0.4 is 4.74 Å². The van der Waals surface area contributed by atoms with Crippen LogP contribution in [0.4, 0.5) is 4.39 Å². The molecular weight excluding hydrogens is 377 g/mol. The van der Waals surface area contributed by atoms with Gasteiger partial charge in [0.15, 0.2) is 0 Å². The highest BCUT2D eigenvalue weighted by atomic mass is 79.9. The van der Waals surface area contributed by atoms with Crippen LogP contribution in [0.3, 0.4) is 0 Å². The van der Waals surface area contributed by atoms with Crippen molar-refractivity contribution in [3.8, 4) is 11.5 Å². The van der Waals surface area contributed by atoms with Crippen LogP contribution in [-0.4, -0.2) is 0 Å². The Morgan fingerprint density at radius 2 is 1.79 bits per heavy atom. The van der Waals surface area contributed by atoms with E-state index in [4.69, 9.17) is 39.5 Å². The first-order valence-electron chi connectivity index (χ1n) is 5.18. The zero-order valence-electron chi connectivity index (χ0n) is 9.39. The average Bonchev–Trinajstić information content (AvgIpc) is 2.37. The lowest BCUT2D eigenvalue weighted by Crippen LogP contribution is -1.92. The molecule has 2 aromatic carbocycles. The van der Waals surface area contributed by atoms with Crippen molar-refractivity contribution in [2.75, 3.05) is 0 Å². The molecule has 0 unspecified atom stereocenters. The topological polar surface area (TPSA) is 9.23 Å². The molecule has 0 amide bonds. The second kappa shape index (κ2) is 6.31.